The van der Waals surface area contributed by atoms with Gasteiger partial charge in [-0.2, -0.15) is 0 Å². The van der Waals surface area contributed by atoms with E-state index in [1.807, 2.05) is 24.3 Å². The smallest absolute Gasteiger partial charge is 0.301 e. The van der Waals surface area contributed by atoms with E-state index in [1.54, 1.807) is 23.7 Å². The summed E-state index contributed by atoms with van der Waals surface area (Å²) in [5.41, 5.74) is 1.08. The number of aliphatic hydroxyl groups excluding tert-OH is 1. The maximum Gasteiger partial charge on any atom is 0.301 e. The van der Waals surface area contributed by atoms with Crippen LogP contribution in [0, 0.1) is 0 Å². The van der Waals surface area contributed by atoms with Crippen LogP contribution in [0.2, 0.25) is 0 Å². The largest absolute Gasteiger partial charge is 0.507 e. The Morgan fingerprint density at radius 1 is 1.16 bits per heavy atom. The zero-order valence-electron chi connectivity index (χ0n) is 17.6. The van der Waals surface area contributed by atoms with Crippen LogP contribution >= 0.6 is 11.3 Å². The fraction of sp³-hybridized carbons (Fsp3) is 0.250. The minimum absolute atomic E-state index is 0.0135. The average Bonchev–Trinajstić information content (AvgIpc) is 3.44. The molecule has 32 heavy (non-hydrogen) atoms. The van der Waals surface area contributed by atoms with Gasteiger partial charge in [0.25, 0.3) is 5.78 Å². The molecule has 1 atom stereocenters. The van der Waals surface area contributed by atoms with Crippen LogP contribution in [0.5, 0.6) is 5.75 Å². The molecular weight excluding hydrogens is 426 g/mol. The van der Waals surface area contributed by atoms with Crippen LogP contribution in [-0.2, 0) is 9.59 Å². The number of pyridine rings is 1. The molecule has 164 valence electrons. The highest BCUT2D eigenvalue weighted by atomic mass is 32.1. The van der Waals surface area contributed by atoms with Crippen molar-refractivity contribution in [3.8, 4) is 5.75 Å². The van der Waals surface area contributed by atoms with Crippen LogP contribution < -0.4 is 9.64 Å². The van der Waals surface area contributed by atoms with Crippen molar-refractivity contribution in [3.05, 3.63) is 77.1 Å². The van der Waals surface area contributed by atoms with E-state index < -0.39 is 17.7 Å². The maximum atomic E-state index is 13.1. The van der Waals surface area contributed by atoms with Crippen molar-refractivity contribution < 1.29 is 19.4 Å². The second-order valence-electron chi connectivity index (χ2n) is 7.35. The Balaban J connectivity index is 1.79. The number of Topliss-reactive ketones (excluding diaryl/α,β-unsaturated/α-hetero) is 1. The third kappa shape index (κ3) is 4.27. The molecule has 3 heterocycles. The highest BCUT2D eigenvalue weighted by Gasteiger charge is 2.48. The zero-order chi connectivity index (χ0) is 22.5. The number of nitrogens with zero attached hydrogens (tertiary/aromatic N) is 3. The number of carbonyl (C=O) groups is 2. The second-order valence-corrected chi connectivity index (χ2v) is 8.22. The van der Waals surface area contributed by atoms with Gasteiger partial charge in [0.2, 0.25) is 0 Å². The molecule has 0 spiro atoms. The third-order valence-electron chi connectivity index (χ3n) is 5.21. The molecule has 1 unspecified atom stereocenters. The van der Waals surface area contributed by atoms with Crippen LogP contribution in [0.1, 0.15) is 43.4 Å². The molecule has 1 saturated heterocycles. The number of hydrogen-bond donors (Lipinski definition) is 1. The number of unbranched alkanes of at least 4 members (excludes halogenated alkanes) is 2. The fourth-order valence-corrected chi connectivity index (χ4v) is 4.33. The van der Waals surface area contributed by atoms with Crippen molar-refractivity contribution in [1.29, 1.82) is 0 Å². The van der Waals surface area contributed by atoms with Gasteiger partial charge in [0, 0.05) is 29.5 Å². The Bertz CT molecular complexity index is 1130. The Morgan fingerprint density at radius 3 is 2.69 bits per heavy atom. The van der Waals surface area contributed by atoms with Crippen LogP contribution in [0.15, 0.2) is 65.9 Å². The van der Waals surface area contributed by atoms with Gasteiger partial charge in [-0.1, -0.05) is 31.9 Å². The first-order valence-corrected chi connectivity index (χ1v) is 11.3. The highest BCUT2D eigenvalue weighted by Crippen LogP contribution is 2.43. The number of hydrogen-bond acceptors (Lipinski definition) is 7. The van der Waals surface area contributed by atoms with Gasteiger partial charge in [0.1, 0.15) is 11.5 Å². The Hall–Kier alpha value is -3.52. The van der Waals surface area contributed by atoms with E-state index in [0.717, 1.165) is 19.3 Å². The Kier molecular flexibility index (Phi) is 6.61. The molecule has 4 rings (SSSR count). The minimum Gasteiger partial charge on any atom is -0.507 e. The predicted molar refractivity (Wildman–Crippen MR) is 123 cm³/mol. The predicted octanol–water partition coefficient (Wildman–Crippen LogP) is 4.73. The van der Waals surface area contributed by atoms with Crippen molar-refractivity contribution in [3.63, 3.8) is 0 Å². The standard InChI is InChI=1S/C24H23N3O4S/c1-2-3-4-13-31-18-7-5-6-17(15-18)20-19(21(28)16-8-10-25-11-9-16)22(29)23(30)27(20)24-26-12-14-32-24/h5-12,14-15,20,28H,2-4,13H2,1H3/b21-19+. The topological polar surface area (TPSA) is 92.6 Å². The van der Waals surface area contributed by atoms with E-state index in [-0.39, 0.29) is 11.3 Å². The van der Waals surface area contributed by atoms with Crippen molar-refractivity contribution in [2.75, 3.05) is 11.5 Å². The monoisotopic (exact) mass is 449 g/mol. The number of ether oxygens (including phenoxy) is 1. The number of thiazole rings is 1. The molecule has 1 fully saturated rings. The lowest BCUT2D eigenvalue weighted by Gasteiger charge is -2.23. The highest BCUT2D eigenvalue weighted by molar-refractivity contribution is 7.14. The van der Waals surface area contributed by atoms with Crippen LogP contribution in [0.25, 0.3) is 5.76 Å². The third-order valence-corrected chi connectivity index (χ3v) is 5.98. The minimum atomic E-state index is -0.825. The summed E-state index contributed by atoms with van der Waals surface area (Å²) in [6, 6.07) is 9.65. The van der Waals surface area contributed by atoms with Gasteiger partial charge in [-0.25, -0.2) is 4.98 Å². The summed E-state index contributed by atoms with van der Waals surface area (Å²) >= 11 is 1.25. The quantitative estimate of drug-likeness (QED) is 0.231. The Morgan fingerprint density at radius 2 is 1.97 bits per heavy atom. The number of aromatic nitrogens is 2. The summed E-state index contributed by atoms with van der Waals surface area (Å²) < 4.78 is 5.88. The first-order valence-electron chi connectivity index (χ1n) is 10.5. The number of aliphatic hydroxyl groups is 1. The molecule has 1 N–H and O–H groups in total. The number of ketones is 1. The molecule has 3 aromatic rings. The fourth-order valence-electron chi connectivity index (χ4n) is 3.66. The van der Waals surface area contributed by atoms with Crippen LogP contribution in [-0.4, -0.2) is 33.4 Å². The van der Waals surface area contributed by atoms with E-state index >= 15 is 0 Å². The second kappa shape index (κ2) is 9.74. The molecule has 0 aliphatic carbocycles. The van der Waals surface area contributed by atoms with E-state index in [1.165, 1.54) is 28.6 Å². The van der Waals surface area contributed by atoms with Crippen LogP contribution in [0.3, 0.4) is 0 Å². The summed E-state index contributed by atoms with van der Waals surface area (Å²) in [5.74, 6) is -1.08. The summed E-state index contributed by atoms with van der Waals surface area (Å²) in [6.07, 6.45) is 7.74. The van der Waals surface area contributed by atoms with Gasteiger partial charge < -0.3 is 9.84 Å². The molecule has 0 saturated carbocycles. The van der Waals surface area contributed by atoms with Crippen molar-refractivity contribution in [1.82, 2.24) is 9.97 Å². The molecule has 1 aliphatic heterocycles. The van der Waals surface area contributed by atoms with Crippen molar-refractivity contribution in [2.24, 2.45) is 0 Å². The molecule has 0 radical (unpaired) electrons. The molecule has 1 aromatic carbocycles. The number of rotatable bonds is 8. The van der Waals surface area contributed by atoms with Gasteiger partial charge in [-0.15, -0.1) is 11.3 Å². The maximum absolute atomic E-state index is 13.1. The summed E-state index contributed by atoms with van der Waals surface area (Å²) in [7, 11) is 0. The molecule has 8 heteroatoms. The normalized spacial score (nSPS) is 17.7. The summed E-state index contributed by atoms with van der Waals surface area (Å²) in [5, 5.41) is 13.2. The SMILES string of the molecule is CCCCCOc1cccc(C2/C(=C(\O)c3ccncc3)C(=O)C(=O)N2c2nccs2)c1. The average molecular weight is 450 g/mol. The first kappa shape index (κ1) is 21.7. The lowest BCUT2D eigenvalue weighted by molar-refractivity contribution is -0.132. The van der Waals surface area contributed by atoms with E-state index in [4.69, 9.17) is 4.74 Å². The summed E-state index contributed by atoms with van der Waals surface area (Å²) in [4.78, 5) is 35.6. The van der Waals surface area contributed by atoms with Crippen LogP contribution in [0.4, 0.5) is 5.13 Å². The molecule has 1 aliphatic rings. The Labute approximate surface area is 190 Å². The molecular formula is C24H23N3O4S. The zero-order valence-corrected chi connectivity index (χ0v) is 18.4. The molecule has 2 aromatic heterocycles. The molecule has 1 amide bonds. The molecule has 0 bridgehead atoms. The van der Waals surface area contributed by atoms with Gasteiger partial charge in [0.15, 0.2) is 5.13 Å². The number of anilines is 1. The van der Waals surface area contributed by atoms with Crippen molar-refractivity contribution >= 4 is 33.9 Å². The number of amides is 1. The first-order chi connectivity index (χ1) is 15.6. The van der Waals surface area contributed by atoms with E-state index in [2.05, 4.69) is 16.9 Å². The van der Waals surface area contributed by atoms with Gasteiger partial charge in [-0.3, -0.25) is 19.5 Å². The van der Waals surface area contributed by atoms with E-state index in [0.29, 0.717) is 28.6 Å². The lowest BCUT2D eigenvalue weighted by atomic mass is 9.95. The van der Waals surface area contributed by atoms with Gasteiger partial charge in [0.05, 0.1) is 18.2 Å². The summed E-state index contributed by atoms with van der Waals surface area (Å²) in [6.45, 7) is 2.71. The molecule has 7 nitrogen and oxygen atoms in total. The number of benzene rings is 1. The lowest BCUT2D eigenvalue weighted by Crippen LogP contribution is -2.29. The van der Waals surface area contributed by atoms with Crippen molar-refractivity contribution in [2.45, 2.75) is 32.2 Å². The van der Waals surface area contributed by atoms with E-state index in [9.17, 15) is 14.7 Å². The van der Waals surface area contributed by atoms with Gasteiger partial charge >= 0.3 is 5.91 Å². The van der Waals surface area contributed by atoms with Gasteiger partial charge in [-0.05, 0) is 36.2 Å². The number of carbonyl (C=O) groups excluding carboxylic acids is 2.